The van der Waals surface area contributed by atoms with Crippen LogP contribution in [0.15, 0.2) is 33.7 Å². The minimum Gasteiger partial charge on any atom is -0.504 e. The van der Waals surface area contributed by atoms with Crippen LogP contribution in [0.3, 0.4) is 0 Å². The molecule has 3 rings (SSSR count). The van der Waals surface area contributed by atoms with Crippen LogP contribution < -0.4 is 10.9 Å². The van der Waals surface area contributed by atoms with E-state index in [0.717, 1.165) is 10.6 Å². The molecular formula is C14H13N5O4. The van der Waals surface area contributed by atoms with Crippen molar-refractivity contribution in [2.75, 3.05) is 0 Å². The minimum atomic E-state index is -0.614. The lowest BCUT2D eigenvalue weighted by molar-refractivity contribution is 0.0945. The Hall–Kier alpha value is -3.23. The summed E-state index contributed by atoms with van der Waals surface area (Å²) in [5, 5.41) is 19.7. The molecule has 1 amide bonds. The van der Waals surface area contributed by atoms with Gasteiger partial charge >= 0.3 is 0 Å². The van der Waals surface area contributed by atoms with Crippen molar-refractivity contribution in [2.45, 2.75) is 19.9 Å². The molecule has 9 nitrogen and oxygen atoms in total. The van der Waals surface area contributed by atoms with Crippen LogP contribution in [0.5, 0.6) is 5.75 Å². The lowest BCUT2D eigenvalue weighted by Gasteiger charge is -2.05. The molecule has 0 unspecified atom stereocenters. The first-order chi connectivity index (χ1) is 11.1. The highest BCUT2D eigenvalue weighted by Crippen LogP contribution is 2.12. The van der Waals surface area contributed by atoms with Gasteiger partial charge in [0.1, 0.15) is 5.56 Å². The first kappa shape index (κ1) is 14.7. The van der Waals surface area contributed by atoms with E-state index in [9.17, 15) is 14.7 Å². The Morgan fingerprint density at radius 3 is 2.91 bits per heavy atom. The zero-order chi connectivity index (χ0) is 16.4. The number of amides is 1. The summed E-state index contributed by atoms with van der Waals surface area (Å²) in [7, 11) is 0. The zero-order valence-electron chi connectivity index (χ0n) is 12.2. The predicted molar refractivity (Wildman–Crippen MR) is 78.0 cm³/mol. The number of nitrogens with zero attached hydrogens (tertiary/aromatic N) is 4. The van der Waals surface area contributed by atoms with Gasteiger partial charge in [-0.15, -0.1) is 10.2 Å². The number of aromatic nitrogens is 4. The Kier molecular flexibility index (Phi) is 3.75. The van der Waals surface area contributed by atoms with Gasteiger partial charge in [-0.05, 0) is 12.1 Å². The highest BCUT2D eigenvalue weighted by atomic mass is 16.4. The molecule has 0 saturated carbocycles. The van der Waals surface area contributed by atoms with E-state index in [2.05, 4.69) is 20.5 Å². The smallest absolute Gasteiger partial charge is 0.270 e. The Morgan fingerprint density at radius 1 is 1.39 bits per heavy atom. The van der Waals surface area contributed by atoms with Gasteiger partial charge in [0.05, 0.1) is 6.54 Å². The van der Waals surface area contributed by atoms with Gasteiger partial charge in [-0.25, -0.2) is 4.98 Å². The van der Waals surface area contributed by atoms with E-state index in [1.165, 1.54) is 18.3 Å². The van der Waals surface area contributed by atoms with Gasteiger partial charge in [-0.3, -0.25) is 14.0 Å². The molecule has 0 fully saturated rings. The molecule has 0 saturated heterocycles. The second-order valence-corrected chi connectivity index (χ2v) is 4.69. The molecule has 0 aliphatic carbocycles. The normalized spacial score (nSPS) is 10.8. The number of carbonyl (C=O) groups is 1. The van der Waals surface area contributed by atoms with Gasteiger partial charge in [-0.2, -0.15) is 0 Å². The van der Waals surface area contributed by atoms with Crippen molar-refractivity contribution in [2.24, 2.45) is 0 Å². The van der Waals surface area contributed by atoms with Gasteiger partial charge in [0, 0.05) is 18.8 Å². The lowest BCUT2D eigenvalue weighted by atomic mass is 10.3. The Bertz CT molecular complexity index is 930. The summed E-state index contributed by atoms with van der Waals surface area (Å²) in [6, 6.07) is 2.89. The fraction of sp³-hybridized carbons (Fsp3) is 0.214. The average Bonchev–Trinajstić information content (AvgIpc) is 3.02. The summed E-state index contributed by atoms with van der Waals surface area (Å²) in [6.45, 7) is 1.88. The summed E-state index contributed by atoms with van der Waals surface area (Å²) in [5.74, 6) is -0.0372. The third-order valence-corrected chi connectivity index (χ3v) is 3.17. The van der Waals surface area contributed by atoms with Gasteiger partial charge in [0.25, 0.3) is 11.5 Å². The summed E-state index contributed by atoms with van der Waals surface area (Å²) in [5.41, 5.74) is -0.648. The van der Waals surface area contributed by atoms with E-state index in [1.54, 1.807) is 0 Å². The summed E-state index contributed by atoms with van der Waals surface area (Å²) < 4.78 is 6.37. The number of pyridine rings is 1. The highest BCUT2D eigenvalue weighted by molar-refractivity contribution is 5.93. The van der Waals surface area contributed by atoms with Gasteiger partial charge in [0.2, 0.25) is 11.8 Å². The number of carbonyl (C=O) groups excluding carboxylic acids is 1. The lowest BCUT2D eigenvalue weighted by Crippen LogP contribution is -2.31. The van der Waals surface area contributed by atoms with Crippen LogP contribution in [-0.4, -0.2) is 30.6 Å². The topological polar surface area (TPSA) is 123 Å². The third kappa shape index (κ3) is 2.76. The van der Waals surface area contributed by atoms with Crippen LogP contribution in [0, 0.1) is 0 Å². The van der Waals surface area contributed by atoms with Crippen LogP contribution in [0.25, 0.3) is 5.65 Å². The molecule has 0 atom stereocenters. The second kappa shape index (κ2) is 5.87. The predicted octanol–water partition coefficient (Wildman–Crippen LogP) is 0.275. The standard InChI is InChI=1S/C14H13N5O4/c1-2-10-17-18-11(23-10)7-16-13(21)8-6-15-12-9(20)4-3-5-19(12)14(8)22/h3-6,20H,2,7H2,1H3,(H,16,21). The number of aryl methyl sites for hydroxylation is 1. The minimum absolute atomic E-state index is 0.00795. The third-order valence-electron chi connectivity index (χ3n) is 3.17. The van der Waals surface area contributed by atoms with Crippen LogP contribution in [-0.2, 0) is 13.0 Å². The molecule has 9 heteroatoms. The number of hydrogen-bond acceptors (Lipinski definition) is 7. The van der Waals surface area contributed by atoms with Crippen molar-refractivity contribution >= 4 is 11.6 Å². The Morgan fingerprint density at radius 2 is 2.17 bits per heavy atom. The molecular weight excluding hydrogens is 302 g/mol. The van der Waals surface area contributed by atoms with Crippen molar-refractivity contribution in [3.8, 4) is 5.75 Å². The average molecular weight is 315 g/mol. The maximum Gasteiger partial charge on any atom is 0.270 e. The second-order valence-electron chi connectivity index (χ2n) is 4.69. The van der Waals surface area contributed by atoms with Crippen LogP contribution in [0.2, 0.25) is 0 Å². The van der Waals surface area contributed by atoms with Crippen molar-refractivity contribution in [1.29, 1.82) is 0 Å². The van der Waals surface area contributed by atoms with Gasteiger partial charge < -0.3 is 14.8 Å². The molecule has 118 valence electrons. The maximum absolute atomic E-state index is 12.3. The zero-order valence-corrected chi connectivity index (χ0v) is 12.2. The largest absolute Gasteiger partial charge is 0.504 e. The summed E-state index contributed by atoms with van der Waals surface area (Å²) >= 11 is 0. The van der Waals surface area contributed by atoms with Crippen LogP contribution in [0.1, 0.15) is 29.1 Å². The molecule has 0 spiro atoms. The van der Waals surface area contributed by atoms with Crippen molar-refractivity contribution in [1.82, 2.24) is 24.9 Å². The van der Waals surface area contributed by atoms with E-state index in [-0.39, 0.29) is 29.4 Å². The SMILES string of the molecule is CCc1nnc(CNC(=O)c2cnc3c(O)cccn3c2=O)o1. The van der Waals surface area contributed by atoms with Crippen LogP contribution in [0.4, 0.5) is 0 Å². The summed E-state index contributed by atoms with van der Waals surface area (Å²) in [4.78, 5) is 28.3. The molecule has 0 bridgehead atoms. The molecule has 0 aliphatic rings. The number of rotatable bonds is 4. The fourth-order valence-electron chi connectivity index (χ4n) is 2.00. The van der Waals surface area contributed by atoms with Crippen molar-refractivity contribution < 1.29 is 14.3 Å². The molecule has 3 aromatic rings. The first-order valence-electron chi connectivity index (χ1n) is 6.89. The number of aromatic hydroxyl groups is 1. The van der Waals surface area contributed by atoms with E-state index in [1.807, 2.05) is 6.92 Å². The highest BCUT2D eigenvalue weighted by Gasteiger charge is 2.15. The first-order valence-corrected chi connectivity index (χ1v) is 6.89. The maximum atomic E-state index is 12.3. The molecule has 23 heavy (non-hydrogen) atoms. The molecule has 3 heterocycles. The van der Waals surface area contributed by atoms with E-state index in [4.69, 9.17) is 4.42 Å². The van der Waals surface area contributed by atoms with E-state index >= 15 is 0 Å². The fourth-order valence-corrected chi connectivity index (χ4v) is 2.00. The van der Waals surface area contributed by atoms with Crippen molar-refractivity contribution in [3.63, 3.8) is 0 Å². The van der Waals surface area contributed by atoms with Gasteiger partial charge in [0.15, 0.2) is 11.4 Å². The molecule has 0 radical (unpaired) electrons. The molecule has 0 aromatic carbocycles. The number of fused-ring (bicyclic) bond motifs is 1. The van der Waals surface area contributed by atoms with Gasteiger partial charge in [-0.1, -0.05) is 6.92 Å². The number of hydrogen-bond donors (Lipinski definition) is 2. The number of nitrogens with one attached hydrogen (secondary N) is 1. The monoisotopic (exact) mass is 315 g/mol. The summed E-state index contributed by atoms with van der Waals surface area (Å²) in [6.07, 6.45) is 3.14. The Labute approximate surface area is 129 Å². The van der Waals surface area contributed by atoms with Crippen molar-refractivity contribution in [3.05, 3.63) is 52.2 Å². The molecule has 3 aromatic heterocycles. The van der Waals surface area contributed by atoms with E-state index < -0.39 is 11.5 Å². The molecule has 2 N–H and O–H groups in total. The Balaban J connectivity index is 1.83. The molecule has 0 aliphatic heterocycles. The van der Waals surface area contributed by atoms with E-state index in [0.29, 0.717) is 12.3 Å². The van der Waals surface area contributed by atoms with Crippen LogP contribution >= 0.6 is 0 Å². The quantitative estimate of drug-likeness (QED) is 0.708.